The Morgan fingerprint density at radius 3 is 2.77 bits per heavy atom. The van der Waals surface area contributed by atoms with Gasteiger partial charge < -0.3 is 5.32 Å². The molecule has 2 heterocycles. The molecule has 31 heavy (non-hydrogen) atoms. The summed E-state index contributed by atoms with van der Waals surface area (Å²) in [6.45, 7) is 5.69. The molecule has 2 N–H and O–H groups in total. The van der Waals surface area contributed by atoms with E-state index in [4.69, 9.17) is 0 Å². The highest BCUT2D eigenvalue weighted by atomic mass is 32.2. The lowest BCUT2D eigenvalue weighted by atomic mass is 10.2. The number of amides is 3. The van der Waals surface area contributed by atoms with Crippen LogP contribution in [0.4, 0.5) is 4.79 Å². The number of hydrogen-bond donors (Lipinski definition) is 2. The lowest BCUT2D eigenvalue weighted by Gasteiger charge is -2.14. The van der Waals surface area contributed by atoms with Crippen LogP contribution in [-0.2, 0) is 11.3 Å². The average molecular weight is 455 g/mol. The molecule has 1 aliphatic rings. The number of allylic oxidation sites excluding steroid dienone is 1. The van der Waals surface area contributed by atoms with Crippen LogP contribution in [0.25, 0.3) is 20.7 Å². The van der Waals surface area contributed by atoms with Gasteiger partial charge in [-0.05, 0) is 31.4 Å². The highest BCUT2D eigenvalue weighted by molar-refractivity contribution is 8.00. The zero-order valence-corrected chi connectivity index (χ0v) is 18.6. The number of carbonyl (C=O) groups excluding carboxylic acids is 2. The van der Waals surface area contributed by atoms with Gasteiger partial charge in [0, 0.05) is 17.5 Å². The van der Waals surface area contributed by atoms with Crippen LogP contribution >= 0.6 is 23.1 Å². The SMILES string of the molecule is C=CCn1c(SC(C)C(=O)NC(=O)NC2CC2)nc2sc(-c3ccccc3)cc2c1=O. The van der Waals surface area contributed by atoms with E-state index >= 15 is 0 Å². The highest BCUT2D eigenvalue weighted by Crippen LogP contribution is 2.32. The fourth-order valence-corrected chi connectivity index (χ4v) is 4.99. The largest absolute Gasteiger partial charge is 0.335 e. The second kappa shape index (κ2) is 9.07. The fraction of sp³-hybridized carbons (Fsp3) is 0.273. The Kier molecular flexibility index (Phi) is 6.24. The minimum atomic E-state index is -0.612. The van der Waals surface area contributed by atoms with Crippen LogP contribution in [-0.4, -0.2) is 32.8 Å². The number of urea groups is 1. The smallest absolute Gasteiger partial charge is 0.321 e. The monoisotopic (exact) mass is 454 g/mol. The second-order valence-electron chi connectivity index (χ2n) is 7.29. The lowest BCUT2D eigenvalue weighted by Crippen LogP contribution is -2.43. The first kappa shape index (κ1) is 21.3. The van der Waals surface area contributed by atoms with Crippen LogP contribution in [0.1, 0.15) is 19.8 Å². The summed E-state index contributed by atoms with van der Waals surface area (Å²) in [5.41, 5.74) is 0.841. The summed E-state index contributed by atoms with van der Waals surface area (Å²) in [5, 5.41) is 5.43. The molecule has 2 aromatic heterocycles. The van der Waals surface area contributed by atoms with Gasteiger partial charge >= 0.3 is 6.03 Å². The molecule has 0 bridgehead atoms. The molecule has 0 radical (unpaired) electrons. The average Bonchev–Trinajstić information content (AvgIpc) is 3.46. The van der Waals surface area contributed by atoms with Crippen LogP contribution in [0.2, 0.25) is 0 Å². The van der Waals surface area contributed by atoms with E-state index in [1.54, 1.807) is 13.0 Å². The quantitative estimate of drug-likeness (QED) is 0.322. The van der Waals surface area contributed by atoms with E-state index in [2.05, 4.69) is 22.2 Å². The third kappa shape index (κ3) is 4.88. The van der Waals surface area contributed by atoms with Crippen LogP contribution in [0.5, 0.6) is 0 Å². The van der Waals surface area contributed by atoms with E-state index in [1.165, 1.54) is 15.9 Å². The molecule has 1 aliphatic carbocycles. The molecule has 1 atom stereocenters. The molecule has 3 aromatic rings. The van der Waals surface area contributed by atoms with Crippen molar-refractivity contribution < 1.29 is 9.59 Å². The molecule has 1 unspecified atom stereocenters. The predicted molar refractivity (Wildman–Crippen MR) is 125 cm³/mol. The standard InChI is InChI=1S/C22H22N4O3S2/c1-3-11-26-20(28)16-12-17(14-7-5-4-6-8-14)31-19(16)25-22(26)30-13(2)18(27)24-21(29)23-15-9-10-15/h3-8,12-13,15H,1,9-11H2,2H3,(H2,23,24,27,29). The molecule has 0 saturated heterocycles. The molecule has 0 aliphatic heterocycles. The fourth-order valence-electron chi connectivity index (χ4n) is 3.00. The molecule has 4 rings (SSSR count). The number of aromatic nitrogens is 2. The van der Waals surface area contributed by atoms with Gasteiger partial charge in [-0.15, -0.1) is 17.9 Å². The number of carbonyl (C=O) groups is 2. The van der Waals surface area contributed by atoms with Crippen molar-refractivity contribution in [2.75, 3.05) is 0 Å². The van der Waals surface area contributed by atoms with Crippen molar-refractivity contribution in [2.24, 2.45) is 0 Å². The number of benzene rings is 1. The topological polar surface area (TPSA) is 93.1 Å². The number of imide groups is 1. The molecule has 1 saturated carbocycles. The Bertz CT molecular complexity index is 1200. The van der Waals surface area contributed by atoms with Crippen molar-refractivity contribution in [2.45, 2.75) is 42.8 Å². The highest BCUT2D eigenvalue weighted by Gasteiger charge is 2.26. The number of nitrogens with one attached hydrogen (secondary N) is 2. The third-order valence-electron chi connectivity index (χ3n) is 4.79. The van der Waals surface area contributed by atoms with Gasteiger partial charge in [0.25, 0.3) is 5.56 Å². The van der Waals surface area contributed by atoms with E-state index in [1.807, 2.05) is 36.4 Å². The predicted octanol–water partition coefficient (Wildman–Crippen LogP) is 3.78. The first-order chi connectivity index (χ1) is 15.0. The third-order valence-corrected chi connectivity index (χ3v) is 6.95. The van der Waals surface area contributed by atoms with E-state index in [0.29, 0.717) is 15.4 Å². The Balaban J connectivity index is 1.61. The van der Waals surface area contributed by atoms with Crippen LogP contribution in [0.15, 0.2) is 59.0 Å². The zero-order chi connectivity index (χ0) is 22.0. The van der Waals surface area contributed by atoms with Gasteiger partial charge in [-0.2, -0.15) is 0 Å². The maximum absolute atomic E-state index is 13.1. The first-order valence-electron chi connectivity index (χ1n) is 9.95. The van der Waals surface area contributed by atoms with Crippen molar-refractivity contribution in [3.05, 3.63) is 59.4 Å². The summed E-state index contributed by atoms with van der Waals surface area (Å²) in [5.74, 6) is -0.432. The number of thioether (sulfide) groups is 1. The van der Waals surface area contributed by atoms with Gasteiger partial charge in [0.2, 0.25) is 5.91 Å². The van der Waals surface area contributed by atoms with E-state index < -0.39 is 17.2 Å². The van der Waals surface area contributed by atoms with Crippen molar-refractivity contribution in [3.63, 3.8) is 0 Å². The van der Waals surface area contributed by atoms with Gasteiger partial charge in [0.05, 0.1) is 10.6 Å². The number of fused-ring (bicyclic) bond motifs is 1. The Labute approximate surface area is 187 Å². The molecular weight excluding hydrogens is 432 g/mol. The van der Waals surface area contributed by atoms with Crippen LogP contribution in [0.3, 0.4) is 0 Å². The zero-order valence-electron chi connectivity index (χ0n) is 17.0. The van der Waals surface area contributed by atoms with Crippen LogP contribution < -0.4 is 16.2 Å². The van der Waals surface area contributed by atoms with Crippen molar-refractivity contribution >= 4 is 45.3 Å². The van der Waals surface area contributed by atoms with Gasteiger partial charge in [0.1, 0.15) is 4.83 Å². The molecule has 9 heteroatoms. The number of thiophene rings is 1. The normalized spacial score (nSPS) is 14.2. The number of rotatable bonds is 7. The summed E-state index contributed by atoms with van der Waals surface area (Å²) in [7, 11) is 0. The summed E-state index contributed by atoms with van der Waals surface area (Å²) in [6.07, 6.45) is 3.50. The number of hydrogen-bond acceptors (Lipinski definition) is 6. The molecule has 7 nitrogen and oxygen atoms in total. The van der Waals surface area contributed by atoms with Crippen molar-refractivity contribution in [1.29, 1.82) is 0 Å². The van der Waals surface area contributed by atoms with E-state index in [9.17, 15) is 14.4 Å². The summed E-state index contributed by atoms with van der Waals surface area (Å²) in [6, 6.07) is 11.3. The maximum atomic E-state index is 13.1. The van der Waals surface area contributed by atoms with Crippen molar-refractivity contribution in [3.8, 4) is 10.4 Å². The first-order valence-corrected chi connectivity index (χ1v) is 11.6. The lowest BCUT2D eigenvalue weighted by molar-refractivity contribution is -0.119. The molecule has 0 spiro atoms. The maximum Gasteiger partial charge on any atom is 0.321 e. The minimum absolute atomic E-state index is 0.162. The summed E-state index contributed by atoms with van der Waals surface area (Å²) >= 11 is 2.58. The van der Waals surface area contributed by atoms with Crippen LogP contribution in [0, 0.1) is 0 Å². The number of nitrogens with zero attached hydrogens (tertiary/aromatic N) is 2. The second-order valence-corrected chi connectivity index (χ2v) is 9.63. The Morgan fingerprint density at radius 1 is 1.35 bits per heavy atom. The van der Waals surface area contributed by atoms with Gasteiger partial charge in [-0.25, -0.2) is 9.78 Å². The van der Waals surface area contributed by atoms with Gasteiger partial charge in [0.15, 0.2) is 5.16 Å². The van der Waals surface area contributed by atoms with Crippen molar-refractivity contribution in [1.82, 2.24) is 20.2 Å². The summed E-state index contributed by atoms with van der Waals surface area (Å²) < 4.78 is 1.51. The molecule has 160 valence electrons. The molecule has 1 fully saturated rings. The van der Waals surface area contributed by atoms with Gasteiger partial charge in [-0.1, -0.05) is 48.2 Å². The Hall–Kier alpha value is -2.91. The molecule has 3 amide bonds. The minimum Gasteiger partial charge on any atom is -0.335 e. The molecule has 1 aromatic carbocycles. The molecular formula is C22H22N4O3S2. The van der Waals surface area contributed by atoms with E-state index in [0.717, 1.165) is 35.0 Å². The van der Waals surface area contributed by atoms with Gasteiger partial charge in [-0.3, -0.25) is 19.5 Å². The van der Waals surface area contributed by atoms with E-state index in [-0.39, 0.29) is 18.1 Å². The summed E-state index contributed by atoms with van der Waals surface area (Å²) in [4.78, 5) is 43.7. The Morgan fingerprint density at radius 2 is 2.10 bits per heavy atom.